The third-order valence-corrected chi connectivity index (χ3v) is 5.02. The van der Waals surface area contributed by atoms with Gasteiger partial charge < -0.3 is 9.88 Å². The average molecular weight is 344 g/mol. The predicted octanol–water partition coefficient (Wildman–Crippen LogP) is 4.72. The van der Waals surface area contributed by atoms with Crippen molar-refractivity contribution in [3.05, 3.63) is 90.0 Å². The molecule has 1 N–H and O–H groups in total. The van der Waals surface area contributed by atoms with Crippen LogP contribution in [0, 0.1) is 5.82 Å². The summed E-state index contributed by atoms with van der Waals surface area (Å²) in [6.45, 7) is 0. The molecule has 1 aliphatic heterocycles. The van der Waals surface area contributed by atoms with Gasteiger partial charge in [0.15, 0.2) is 0 Å². The number of nitrogens with one attached hydrogen (secondary N) is 1. The summed E-state index contributed by atoms with van der Waals surface area (Å²) in [6.07, 6.45) is 4.34. The van der Waals surface area contributed by atoms with Crippen molar-refractivity contribution in [2.75, 3.05) is 5.32 Å². The molecule has 3 heterocycles. The molecule has 5 rings (SSSR count). The van der Waals surface area contributed by atoms with E-state index >= 15 is 0 Å². The first-order chi connectivity index (χ1) is 12.8. The second-order valence-corrected chi connectivity index (χ2v) is 6.55. The van der Waals surface area contributed by atoms with Gasteiger partial charge in [-0.2, -0.15) is 0 Å². The van der Waals surface area contributed by atoms with E-state index in [-0.39, 0.29) is 17.9 Å². The zero-order chi connectivity index (χ0) is 17.5. The van der Waals surface area contributed by atoms with Crippen molar-refractivity contribution in [1.82, 2.24) is 14.5 Å². The molecule has 2 atom stereocenters. The van der Waals surface area contributed by atoms with Gasteiger partial charge in [0.25, 0.3) is 0 Å². The van der Waals surface area contributed by atoms with Crippen LogP contribution in [-0.4, -0.2) is 14.5 Å². The molecule has 0 amide bonds. The number of benzene rings is 2. The van der Waals surface area contributed by atoms with Crippen molar-refractivity contribution in [1.29, 1.82) is 0 Å². The Bertz CT molecular complexity index is 1070. The molecule has 0 saturated heterocycles. The summed E-state index contributed by atoms with van der Waals surface area (Å²) in [7, 11) is 0. The Morgan fingerprint density at radius 2 is 1.85 bits per heavy atom. The minimum Gasteiger partial charge on any atom is -0.349 e. The largest absolute Gasteiger partial charge is 0.349 e. The molecular formula is C21H17FN4. The fourth-order valence-corrected chi connectivity index (χ4v) is 3.82. The molecular weight excluding hydrogens is 327 g/mol. The highest BCUT2D eigenvalue weighted by atomic mass is 19.1. The minimum absolute atomic E-state index is 0.0256. The number of anilines is 1. The van der Waals surface area contributed by atoms with Crippen LogP contribution in [0.25, 0.3) is 11.0 Å². The highest BCUT2D eigenvalue weighted by Crippen LogP contribution is 2.41. The van der Waals surface area contributed by atoms with Crippen molar-refractivity contribution >= 4 is 17.0 Å². The fourth-order valence-electron chi connectivity index (χ4n) is 3.82. The monoisotopic (exact) mass is 344 g/mol. The van der Waals surface area contributed by atoms with Crippen LogP contribution in [0.4, 0.5) is 10.3 Å². The quantitative estimate of drug-likeness (QED) is 0.572. The molecule has 5 heteroatoms. The Balaban J connectivity index is 1.71. The van der Waals surface area contributed by atoms with Gasteiger partial charge in [-0.05, 0) is 36.2 Å². The summed E-state index contributed by atoms with van der Waals surface area (Å²) in [6, 6.07) is 18.8. The van der Waals surface area contributed by atoms with E-state index in [1.54, 1.807) is 12.3 Å². The van der Waals surface area contributed by atoms with Crippen LogP contribution in [0.15, 0.2) is 73.1 Å². The van der Waals surface area contributed by atoms with Crippen LogP contribution in [0.2, 0.25) is 0 Å². The average Bonchev–Trinajstić information content (AvgIpc) is 3.07. The number of fused-ring (bicyclic) bond motifs is 3. The summed E-state index contributed by atoms with van der Waals surface area (Å²) < 4.78 is 16.7. The molecule has 2 unspecified atom stereocenters. The van der Waals surface area contributed by atoms with Crippen molar-refractivity contribution < 1.29 is 4.39 Å². The lowest BCUT2D eigenvalue weighted by Crippen LogP contribution is -2.27. The molecule has 4 aromatic rings. The van der Waals surface area contributed by atoms with E-state index < -0.39 is 0 Å². The van der Waals surface area contributed by atoms with Crippen LogP contribution < -0.4 is 5.32 Å². The Kier molecular flexibility index (Phi) is 3.45. The molecule has 4 nitrogen and oxygen atoms in total. The van der Waals surface area contributed by atoms with Gasteiger partial charge in [-0.15, -0.1) is 0 Å². The maximum atomic E-state index is 14.6. The summed E-state index contributed by atoms with van der Waals surface area (Å²) in [5, 5.41) is 3.51. The molecule has 0 aliphatic carbocycles. The SMILES string of the molecule is Fc1ccccc1C1CC(c2cccnc2)Nc2nc3ccccc3n21. The Hall–Kier alpha value is -3.21. The number of nitrogens with zero attached hydrogens (tertiary/aromatic N) is 3. The van der Waals surface area contributed by atoms with Crippen molar-refractivity contribution in [3.63, 3.8) is 0 Å². The predicted molar refractivity (Wildman–Crippen MR) is 99.5 cm³/mol. The maximum absolute atomic E-state index is 14.6. The lowest BCUT2D eigenvalue weighted by molar-refractivity contribution is 0.456. The lowest BCUT2D eigenvalue weighted by atomic mass is 9.93. The Labute approximate surface area is 150 Å². The molecule has 0 bridgehead atoms. The maximum Gasteiger partial charge on any atom is 0.204 e. The first-order valence-electron chi connectivity index (χ1n) is 8.69. The van der Waals surface area contributed by atoms with E-state index in [0.717, 1.165) is 29.0 Å². The Morgan fingerprint density at radius 1 is 1.00 bits per heavy atom. The van der Waals surface area contributed by atoms with Gasteiger partial charge in [-0.25, -0.2) is 9.37 Å². The van der Waals surface area contributed by atoms with E-state index in [4.69, 9.17) is 4.98 Å². The molecule has 0 saturated carbocycles. The number of pyridine rings is 1. The number of halogens is 1. The second-order valence-electron chi connectivity index (χ2n) is 6.55. The van der Waals surface area contributed by atoms with Gasteiger partial charge in [0, 0.05) is 18.0 Å². The van der Waals surface area contributed by atoms with Crippen molar-refractivity contribution in [2.45, 2.75) is 18.5 Å². The molecule has 2 aromatic carbocycles. The summed E-state index contributed by atoms with van der Waals surface area (Å²) in [5.41, 5.74) is 3.68. The van der Waals surface area contributed by atoms with E-state index in [2.05, 4.69) is 14.9 Å². The van der Waals surface area contributed by atoms with Gasteiger partial charge in [0.2, 0.25) is 5.95 Å². The van der Waals surface area contributed by atoms with Gasteiger partial charge in [0.1, 0.15) is 5.82 Å². The lowest BCUT2D eigenvalue weighted by Gasteiger charge is -2.33. The molecule has 26 heavy (non-hydrogen) atoms. The van der Waals surface area contributed by atoms with Crippen molar-refractivity contribution in [3.8, 4) is 0 Å². The molecule has 0 fully saturated rings. The third-order valence-electron chi connectivity index (χ3n) is 5.02. The number of aromatic nitrogens is 3. The number of hydrogen-bond donors (Lipinski definition) is 1. The van der Waals surface area contributed by atoms with Crippen LogP contribution in [0.1, 0.15) is 29.6 Å². The number of rotatable bonds is 2. The van der Waals surface area contributed by atoms with Crippen LogP contribution in [0.3, 0.4) is 0 Å². The molecule has 0 radical (unpaired) electrons. The molecule has 1 aliphatic rings. The number of para-hydroxylation sites is 2. The minimum atomic E-state index is -0.187. The standard InChI is InChI=1S/C21H17FN4/c22-16-8-2-1-7-15(16)20-12-18(14-6-5-11-23-13-14)25-21-24-17-9-3-4-10-19(17)26(20)21/h1-11,13,18,20H,12H2,(H,24,25). The Morgan fingerprint density at radius 3 is 2.69 bits per heavy atom. The molecule has 128 valence electrons. The van der Waals surface area contributed by atoms with E-state index in [9.17, 15) is 4.39 Å². The highest BCUT2D eigenvalue weighted by molar-refractivity contribution is 5.79. The van der Waals surface area contributed by atoms with Crippen molar-refractivity contribution in [2.24, 2.45) is 0 Å². The van der Waals surface area contributed by atoms with Gasteiger partial charge in [-0.1, -0.05) is 36.4 Å². The number of hydrogen-bond acceptors (Lipinski definition) is 3. The third kappa shape index (κ3) is 2.36. The molecule has 0 spiro atoms. The van der Waals surface area contributed by atoms with Gasteiger partial charge >= 0.3 is 0 Å². The first-order valence-corrected chi connectivity index (χ1v) is 8.69. The van der Waals surface area contributed by atoms with E-state index in [1.165, 1.54) is 6.07 Å². The summed E-state index contributed by atoms with van der Waals surface area (Å²) >= 11 is 0. The van der Waals surface area contributed by atoms with Crippen LogP contribution >= 0.6 is 0 Å². The van der Waals surface area contributed by atoms with E-state index in [0.29, 0.717) is 5.56 Å². The first kappa shape index (κ1) is 15.1. The topological polar surface area (TPSA) is 42.7 Å². The van der Waals surface area contributed by atoms with Crippen LogP contribution in [-0.2, 0) is 0 Å². The van der Waals surface area contributed by atoms with Crippen LogP contribution in [0.5, 0.6) is 0 Å². The zero-order valence-corrected chi connectivity index (χ0v) is 14.0. The fraction of sp³-hybridized carbons (Fsp3) is 0.143. The second kappa shape index (κ2) is 5.95. The number of imidazole rings is 1. The highest BCUT2D eigenvalue weighted by Gasteiger charge is 2.32. The van der Waals surface area contributed by atoms with E-state index in [1.807, 2.05) is 54.7 Å². The van der Waals surface area contributed by atoms with Gasteiger partial charge in [-0.3, -0.25) is 4.98 Å². The normalized spacial score (nSPS) is 19.1. The smallest absolute Gasteiger partial charge is 0.204 e. The summed E-state index contributed by atoms with van der Waals surface area (Å²) in [4.78, 5) is 8.98. The van der Waals surface area contributed by atoms with Gasteiger partial charge in [0.05, 0.1) is 23.1 Å². The zero-order valence-electron chi connectivity index (χ0n) is 14.0. The molecule has 2 aromatic heterocycles. The summed E-state index contributed by atoms with van der Waals surface area (Å²) in [5.74, 6) is 0.577.